The second-order valence-electron chi connectivity index (χ2n) is 10.9. The maximum atomic E-state index is 4.40. The summed E-state index contributed by atoms with van der Waals surface area (Å²) in [5, 5.41) is 16.7. The van der Waals surface area contributed by atoms with Crippen molar-refractivity contribution in [3.05, 3.63) is 24.0 Å². The molecule has 0 unspecified atom stereocenters. The number of piperidine rings is 1. The number of anilines is 1. The maximum Gasteiger partial charge on any atom is 0.148 e. The van der Waals surface area contributed by atoms with E-state index in [0.29, 0.717) is 10.8 Å². The Labute approximate surface area is 181 Å². The van der Waals surface area contributed by atoms with E-state index in [4.69, 9.17) is 0 Å². The first-order valence-corrected chi connectivity index (χ1v) is 11.5. The van der Waals surface area contributed by atoms with Gasteiger partial charge in [-0.15, -0.1) is 10.2 Å². The van der Waals surface area contributed by atoms with Crippen molar-refractivity contribution in [2.24, 2.45) is 23.8 Å². The van der Waals surface area contributed by atoms with Crippen molar-refractivity contribution in [2.45, 2.75) is 59.8 Å². The second-order valence-corrected chi connectivity index (χ2v) is 10.9. The first-order valence-electron chi connectivity index (χ1n) is 11.5. The van der Waals surface area contributed by atoms with Gasteiger partial charge in [-0.2, -0.15) is 5.10 Å². The van der Waals surface area contributed by atoms with Gasteiger partial charge in [0.15, 0.2) is 0 Å². The molecule has 1 spiro atoms. The fourth-order valence-corrected chi connectivity index (χ4v) is 5.13. The van der Waals surface area contributed by atoms with E-state index >= 15 is 0 Å². The average Bonchev–Trinajstić information content (AvgIpc) is 3.02. The van der Waals surface area contributed by atoms with Crippen LogP contribution in [0.2, 0.25) is 0 Å². The van der Waals surface area contributed by atoms with E-state index in [-0.39, 0.29) is 0 Å². The Morgan fingerprint density at radius 2 is 1.87 bits per heavy atom. The number of aromatic nitrogens is 4. The number of rotatable bonds is 6. The third-order valence-electron chi connectivity index (χ3n) is 7.06. The molecule has 30 heavy (non-hydrogen) atoms. The molecule has 1 aliphatic heterocycles. The molecule has 2 aromatic heterocycles. The quantitative estimate of drug-likeness (QED) is 0.758. The Morgan fingerprint density at radius 1 is 1.13 bits per heavy atom. The van der Waals surface area contributed by atoms with Crippen LogP contribution in [-0.4, -0.2) is 51.1 Å². The zero-order valence-electron chi connectivity index (χ0n) is 19.4. The minimum Gasteiger partial charge on any atom is -0.368 e. The van der Waals surface area contributed by atoms with Gasteiger partial charge in [0.1, 0.15) is 5.82 Å². The summed E-state index contributed by atoms with van der Waals surface area (Å²) in [6, 6.07) is 4.08. The van der Waals surface area contributed by atoms with Gasteiger partial charge in [-0.1, -0.05) is 20.8 Å². The lowest BCUT2D eigenvalue weighted by Crippen LogP contribution is -2.48. The zero-order valence-corrected chi connectivity index (χ0v) is 19.4. The Hall–Kier alpha value is -1.95. The van der Waals surface area contributed by atoms with Gasteiger partial charge in [-0.05, 0) is 87.5 Å². The molecular formula is C24H38N6. The first-order chi connectivity index (χ1) is 14.2. The highest BCUT2D eigenvalue weighted by Gasteiger charge is 2.45. The third kappa shape index (κ3) is 5.02. The molecule has 2 aromatic rings. The van der Waals surface area contributed by atoms with Gasteiger partial charge in [0.25, 0.3) is 0 Å². The summed E-state index contributed by atoms with van der Waals surface area (Å²) >= 11 is 0. The molecule has 0 bridgehead atoms. The molecule has 6 nitrogen and oxygen atoms in total. The van der Waals surface area contributed by atoms with Crippen LogP contribution in [0.25, 0.3) is 11.3 Å². The number of nitrogens with zero attached hydrogens (tertiary/aromatic N) is 5. The van der Waals surface area contributed by atoms with Gasteiger partial charge in [0.05, 0.1) is 11.4 Å². The molecule has 0 amide bonds. The lowest BCUT2D eigenvalue weighted by atomic mass is 9.57. The van der Waals surface area contributed by atoms with E-state index in [9.17, 15) is 0 Å². The van der Waals surface area contributed by atoms with Crippen molar-refractivity contribution in [2.75, 3.05) is 31.5 Å². The van der Waals surface area contributed by atoms with Crippen molar-refractivity contribution < 1.29 is 0 Å². The van der Waals surface area contributed by atoms with Crippen molar-refractivity contribution in [3.63, 3.8) is 0 Å². The van der Waals surface area contributed by atoms with Crippen LogP contribution in [0, 0.1) is 23.7 Å². The van der Waals surface area contributed by atoms with Gasteiger partial charge >= 0.3 is 0 Å². The predicted octanol–water partition coefficient (Wildman–Crippen LogP) is 4.53. The van der Waals surface area contributed by atoms with Crippen molar-refractivity contribution in [3.8, 4) is 11.3 Å². The predicted molar refractivity (Wildman–Crippen MR) is 122 cm³/mol. The van der Waals surface area contributed by atoms with Gasteiger partial charge in [-0.3, -0.25) is 4.68 Å². The van der Waals surface area contributed by atoms with Gasteiger partial charge in [-0.25, -0.2) is 0 Å². The van der Waals surface area contributed by atoms with E-state index in [0.717, 1.165) is 35.2 Å². The molecule has 164 valence electrons. The average molecular weight is 411 g/mol. The molecule has 0 radical (unpaired) electrons. The zero-order chi connectivity index (χ0) is 21.4. The Bertz CT molecular complexity index is 832. The van der Waals surface area contributed by atoms with Crippen LogP contribution >= 0.6 is 0 Å². The number of hydrogen-bond donors (Lipinski definition) is 1. The van der Waals surface area contributed by atoms with Gasteiger partial charge in [0, 0.05) is 25.4 Å². The molecule has 4 rings (SSSR count). The summed E-state index contributed by atoms with van der Waals surface area (Å²) in [4.78, 5) is 2.68. The number of nitrogens with one attached hydrogen (secondary N) is 1. The van der Waals surface area contributed by atoms with Crippen molar-refractivity contribution in [1.82, 2.24) is 24.9 Å². The number of aryl methyl sites for hydroxylation is 2. The van der Waals surface area contributed by atoms with Crippen LogP contribution in [0.15, 0.2) is 18.3 Å². The van der Waals surface area contributed by atoms with E-state index in [1.807, 2.05) is 37.0 Å². The summed E-state index contributed by atoms with van der Waals surface area (Å²) in [6.45, 7) is 13.9. The minimum absolute atomic E-state index is 0.445. The molecule has 3 heterocycles. The molecule has 0 aromatic carbocycles. The molecule has 1 saturated carbocycles. The van der Waals surface area contributed by atoms with Crippen LogP contribution in [-0.2, 0) is 7.05 Å². The minimum atomic E-state index is 0.445. The fourth-order valence-electron chi connectivity index (χ4n) is 5.13. The first kappa shape index (κ1) is 21.3. The molecule has 2 fully saturated rings. The van der Waals surface area contributed by atoms with Crippen LogP contribution in [0.5, 0.6) is 0 Å². The monoisotopic (exact) mass is 410 g/mol. The number of likely N-dealkylation sites (tertiary alicyclic amines) is 1. The normalized spacial score (nSPS) is 19.8. The van der Waals surface area contributed by atoms with Crippen LogP contribution in [0.3, 0.4) is 0 Å². The fraction of sp³-hybridized carbons (Fsp3) is 0.708. The summed E-state index contributed by atoms with van der Waals surface area (Å²) in [5.74, 6) is 1.64. The Balaban J connectivity index is 1.19. The smallest absolute Gasteiger partial charge is 0.148 e. The molecule has 1 aliphatic carbocycles. The third-order valence-corrected chi connectivity index (χ3v) is 7.06. The Morgan fingerprint density at radius 3 is 2.43 bits per heavy atom. The largest absolute Gasteiger partial charge is 0.368 e. The van der Waals surface area contributed by atoms with E-state index in [2.05, 4.69) is 46.3 Å². The van der Waals surface area contributed by atoms with E-state index in [1.54, 1.807) is 0 Å². The lowest BCUT2D eigenvalue weighted by Gasteiger charge is -2.52. The number of hydrogen-bond acceptors (Lipinski definition) is 5. The van der Waals surface area contributed by atoms with Crippen LogP contribution in [0.1, 0.15) is 58.6 Å². The standard InChI is InChI=1S/C24H38N6/c1-18-20(17-29(5)28-18)21-6-7-22(27-26-21)25-16-19-14-24(15-19)9-12-30(13-10-24)11-8-23(2,3)4/h6-7,17,19H,8-16H2,1-5H3,(H,25,27). The second kappa shape index (κ2) is 8.29. The van der Waals surface area contributed by atoms with Gasteiger partial charge < -0.3 is 10.2 Å². The van der Waals surface area contributed by atoms with E-state index in [1.165, 1.54) is 51.7 Å². The Kier molecular flexibility index (Phi) is 5.88. The summed E-state index contributed by atoms with van der Waals surface area (Å²) in [6.07, 6.45) is 8.79. The summed E-state index contributed by atoms with van der Waals surface area (Å²) < 4.78 is 1.82. The molecule has 1 N–H and O–H groups in total. The molecule has 6 heteroatoms. The SMILES string of the molecule is Cc1nn(C)cc1-c1ccc(NCC2CC3(CCN(CCC(C)(C)C)CC3)C2)nn1. The van der Waals surface area contributed by atoms with Gasteiger partial charge in [0.2, 0.25) is 0 Å². The summed E-state index contributed by atoms with van der Waals surface area (Å²) in [5.41, 5.74) is 3.98. The molecule has 2 aliphatic rings. The van der Waals surface area contributed by atoms with Crippen LogP contribution in [0.4, 0.5) is 5.82 Å². The highest BCUT2D eigenvalue weighted by Crippen LogP contribution is 2.52. The van der Waals surface area contributed by atoms with Crippen molar-refractivity contribution in [1.29, 1.82) is 0 Å². The van der Waals surface area contributed by atoms with Crippen molar-refractivity contribution >= 4 is 5.82 Å². The molecule has 0 atom stereocenters. The molecule has 1 saturated heterocycles. The topological polar surface area (TPSA) is 58.9 Å². The molecular weight excluding hydrogens is 372 g/mol. The highest BCUT2D eigenvalue weighted by molar-refractivity contribution is 5.61. The summed E-state index contributed by atoms with van der Waals surface area (Å²) in [7, 11) is 1.93. The van der Waals surface area contributed by atoms with Crippen LogP contribution < -0.4 is 5.32 Å². The highest BCUT2D eigenvalue weighted by atomic mass is 15.3. The lowest BCUT2D eigenvalue weighted by molar-refractivity contribution is -0.00989. The maximum absolute atomic E-state index is 4.40. The van der Waals surface area contributed by atoms with E-state index < -0.39 is 0 Å².